The Kier molecular flexibility index (Phi) is 5.35. The van der Waals surface area contributed by atoms with E-state index in [1.807, 2.05) is 0 Å². The Labute approximate surface area is 161 Å². The summed E-state index contributed by atoms with van der Waals surface area (Å²) in [5.74, 6) is -9.80. The van der Waals surface area contributed by atoms with Crippen molar-refractivity contribution in [3.05, 3.63) is 70.9 Å². The number of esters is 2. The van der Waals surface area contributed by atoms with Gasteiger partial charge in [0.05, 0.1) is 19.9 Å². The summed E-state index contributed by atoms with van der Waals surface area (Å²) in [7, 11) is 2.01. The Morgan fingerprint density at radius 2 is 1.52 bits per heavy atom. The zero-order valence-corrected chi connectivity index (χ0v) is 15.0. The van der Waals surface area contributed by atoms with Crippen LogP contribution in [0.1, 0.15) is 20.8 Å². The fraction of sp³-hybridized carbons (Fsp3) is 0.105. The summed E-state index contributed by atoms with van der Waals surface area (Å²) >= 11 is 0. The fourth-order valence-electron chi connectivity index (χ4n) is 2.69. The van der Waals surface area contributed by atoms with E-state index in [-0.39, 0.29) is 5.69 Å². The van der Waals surface area contributed by atoms with E-state index in [2.05, 4.69) is 14.6 Å². The lowest BCUT2D eigenvalue weighted by Gasteiger charge is -2.07. The summed E-state index contributed by atoms with van der Waals surface area (Å²) in [6.45, 7) is 0. The van der Waals surface area contributed by atoms with Gasteiger partial charge in [0, 0.05) is 5.56 Å². The van der Waals surface area contributed by atoms with Gasteiger partial charge in [-0.05, 0) is 18.2 Å². The minimum Gasteiger partial charge on any atom is -0.465 e. The number of aromatic nitrogens is 2. The maximum Gasteiger partial charge on any atom is 0.357 e. The summed E-state index contributed by atoms with van der Waals surface area (Å²) < 4.78 is 65.5. The monoisotopic (exact) mass is 408 g/mol. The van der Waals surface area contributed by atoms with E-state index in [0.29, 0.717) is 6.07 Å². The lowest BCUT2D eigenvalue weighted by Crippen LogP contribution is -2.15. The summed E-state index contributed by atoms with van der Waals surface area (Å²) in [6, 6.07) is 8.19. The van der Waals surface area contributed by atoms with Crippen molar-refractivity contribution in [1.82, 2.24) is 9.78 Å². The number of carbonyl (C=O) groups excluding carboxylic acids is 2. The van der Waals surface area contributed by atoms with Gasteiger partial charge in [0.25, 0.3) is 0 Å². The van der Waals surface area contributed by atoms with E-state index in [1.54, 1.807) is 18.2 Å². The number of ether oxygens (including phenoxy) is 2. The van der Waals surface area contributed by atoms with Crippen LogP contribution in [0.4, 0.5) is 17.6 Å². The second kappa shape index (κ2) is 7.74. The minimum atomic E-state index is -2.09. The average Bonchev–Trinajstić information content (AvgIpc) is 3.14. The number of benzene rings is 2. The highest BCUT2D eigenvalue weighted by Crippen LogP contribution is 2.33. The van der Waals surface area contributed by atoms with Crippen LogP contribution in [0, 0.1) is 23.3 Å². The molecule has 1 heterocycles. The molecule has 1 aromatic heterocycles. The third-order valence-electron chi connectivity index (χ3n) is 4.01. The fourth-order valence-corrected chi connectivity index (χ4v) is 2.69. The van der Waals surface area contributed by atoms with Crippen molar-refractivity contribution < 1.29 is 36.6 Å². The first-order chi connectivity index (χ1) is 13.8. The minimum absolute atomic E-state index is 0.257. The Balaban J connectivity index is 2.44. The van der Waals surface area contributed by atoms with E-state index in [1.165, 1.54) is 12.1 Å². The molecule has 0 saturated heterocycles. The van der Waals surface area contributed by atoms with Gasteiger partial charge in [-0.3, -0.25) is 0 Å². The number of nitrogens with zero attached hydrogens (tertiary/aromatic N) is 2. The van der Waals surface area contributed by atoms with Crippen LogP contribution in [0.3, 0.4) is 0 Å². The van der Waals surface area contributed by atoms with Crippen molar-refractivity contribution in [2.45, 2.75) is 0 Å². The smallest absolute Gasteiger partial charge is 0.357 e. The Bertz CT molecular complexity index is 1110. The van der Waals surface area contributed by atoms with Gasteiger partial charge in [-0.25, -0.2) is 31.8 Å². The van der Waals surface area contributed by atoms with Gasteiger partial charge in [-0.2, -0.15) is 5.10 Å². The zero-order chi connectivity index (χ0) is 21.3. The van der Waals surface area contributed by atoms with Gasteiger partial charge in [0.2, 0.25) is 0 Å². The zero-order valence-electron chi connectivity index (χ0n) is 15.0. The van der Waals surface area contributed by atoms with Crippen LogP contribution in [0.15, 0.2) is 36.4 Å². The first kappa shape index (κ1) is 20.1. The second-order valence-electron chi connectivity index (χ2n) is 5.65. The first-order valence-corrected chi connectivity index (χ1v) is 8.00. The maximum atomic E-state index is 14.4. The van der Waals surface area contributed by atoms with E-state index in [4.69, 9.17) is 0 Å². The summed E-state index contributed by atoms with van der Waals surface area (Å²) in [5, 5.41) is 3.98. The third kappa shape index (κ3) is 3.33. The lowest BCUT2D eigenvalue weighted by atomic mass is 10.0. The van der Waals surface area contributed by atoms with Crippen molar-refractivity contribution in [3.63, 3.8) is 0 Å². The molecule has 0 fully saturated rings. The largest absolute Gasteiger partial charge is 0.465 e. The number of rotatable bonds is 4. The van der Waals surface area contributed by atoms with E-state index >= 15 is 0 Å². The van der Waals surface area contributed by atoms with Gasteiger partial charge < -0.3 is 9.47 Å². The van der Waals surface area contributed by atoms with Crippen LogP contribution in [0.5, 0.6) is 0 Å². The molecule has 0 bridgehead atoms. The molecule has 150 valence electrons. The topological polar surface area (TPSA) is 70.4 Å². The molecule has 10 heteroatoms. The highest BCUT2D eigenvalue weighted by molar-refractivity contribution is 6.06. The molecular formula is C19H12F4N2O4. The molecule has 2 aromatic carbocycles. The number of hydrogen-bond donors (Lipinski definition) is 0. The molecule has 0 aliphatic rings. The lowest BCUT2D eigenvalue weighted by molar-refractivity contribution is 0.0549. The Hall–Kier alpha value is -3.69. The predicted octanol–water partition coefficient (Wildman–Crippen LogP) is 3.67. The second-order valence-corrected chi connectivity index (χ2v) is 5.65. The SMILES string of the molecule is COC(=O)c1c(-c2cc(F)c(F)c(F)c2F)nn(-c2ccccc2)c1C(=O)OC. The molecule has 0 amide bonds. The molecule has 0 aliphatic carbocycles. The molecule has 3 rings (SSSR count). The highest BCUT2D eigenvalue weighted by Gasteiger charge is 2.34. The average molecular weight is 408 g/mol. The van der Waals surface area contributed by atoms with Crippen LogP contribution in [0.2, 0.25) is 0 Å². The molecule has 3 aromatic rings. The number of methoxy groups -OCH3 is 2. The van der Waals surface area contributed by atoms with Gasteiger partial charge in [0.15, 0.2) is 29.0 Å². The van der Waals surface area contributed by atoms with Crippen molar-refractivity contribution in [2.75, 3.05) is 14.2 Å². The first-order valence-electron chi connectivity index (χ1n) is 8.00. The van der Waals surface area contributed by atoms with Crippen LogP contribution in [-0.4, -0.2) is 35.9 Å². The maximum absolute atomic E-state index is 14.4. The van der Waals surface area contributed by atoms with E-state index in [0.717, 1.165) is 18.9 Å². The molecule has 0 N–H and O–H groups in total. The number of para-hydroxylation sites is 1. The van der Waals surface area contributed by atoms with Crippen molar-refractivity contribution in [3.8, 4) is 16.9 Å². The highest BCUT2D eigenvalue weighted by atomic mass is 19.2. The number of carbonyl (C=O) groups is 2. The van der Waals surface area contributed by atoms with Crippen molar-refractivity contribution in [1.29, 1.82) is 0 Å². The van der Waals surface area contributed by atoms with Crippen LogP contribution < -0.4 is 0 Å². The summed E-state index contributed by atoms with van der Waals surface area (Å²) in [6.07, 6.45) is 0. The molecule has 0 aliphatic heterocycles. The molecule has 0 spiro atoms. The van der Waals surface area contributed by atoms with Crippen LogP contribution >= 0.6 is 0 Å². The number of hydrogen-bond acceptors (Lipinski definition) is 5. The molecule has 0 radical (unpaired) electrons. The predicted molar refractivity (Wildman–Crippen MR) is 91.5 cm³/mol. The van der Waals surface area contributed by atoms with Crippen LogP contribution in [0.25, 0.3) is 16.9 Å². The van der Waals surface area contributed by atoms with Gasteiger partial charge >= 0.3 is 11.9 Å². The standard InChI is InChI=1S/C19H12F4N2O4/c1-28-18(26)12-16(10-8-11(20)14(22)15(23)13(10)21)24-25(17(12)19(27)29-2)9-6-4-3-5-7-9/h3-8H,1-2H3. The van der Waals surface area contributed by atoms with Gasteiger partial charge in [-0.1, -0.05) is 18.2 Å². The van der Waals surface area contributed by atoms with E-state index in [9.17, 15) is 27.2 Å². The van der Waals surface area contributed by atoms with Gasteiger partial charge in [0.1, 0.15) is 11.3 Å². The summed E-state index contributed by atoms with van der Waals surface area (Å²) in [5.41, 5.74) is -2.32. The summed E-state index contributed by atoms with van der Waals surface area (Å²) in [4.78, 5) is 24.7. The Morgan fingerprint density at radius 1 is 0.897 bits per heavy atom. The molecule has 0 saturated carbocycles. The van der Waals surface area contributed by atoms with Crippen molar-refractivity contribution >= 4 is 11.9 Å². The van der Waals surface area contributed by atoms with E-state index < -0.39 is 57.7 Å². The van der Waals surface area contributed by atoms with Gasteiger partial charge in [-0.15, -0.1) is 0 Å². The molecule has 0 unspecified atom stereocenters. The molecule has 0 atom stereocenters. The Morgan fingerprint density at radius 3 is 2.10 bits per heavy atom. The molecule has 6 nitrogen and oxygen atoms in total. The third-order valence-corrected chi connectivity index (χ3v) is 4.01. The molecular weight excluding hydrogens is 396 g/mol. The van der Waals surface area contributed by atoms with Crippen LogP contribution in [-0.2, 0) is 9.47 Å². The number of halogens is 4. The quantitative estimate of drug-likeness (QED) is 0.285. The molecule has 29 heavy (non-hydrogen) atoms. The van der Waals surface area contributed by atoms with Crippen molar-refractivity contribution in [2.24, 2.45) is 0 Å². The normalized spacial score (nSPS) is 10.7.